The van der Waals surface area contributed by atoms with Crippen molar-refractivity contribution >= 4 is 0 Å². The summed E-state index contributed by atoms with van der Waals surface area (Å²) in [4.78, 5) is 0. The molecule has 2 fully saturated rings. The van der Waals surface area contributed by atoms with E-state index >= 15 is 0 Å². The number of aliphatic hydroxyl groups excluding tert-OH is 1. The van der Waals surface area contributed by atoms with Crippen molar-refractivity contribution in [2.45, 2.75) is 25.0 Å². The first-order valence-electron chi connectivity index (χ1n) is 3.28. The molecule has 2 nitrogen and oxygen atoms in total. The highest BCUT2D eigenvalue weighted by Gasteiger charge is 2.41. The molecule has 0 spiro atoms. The maximum atomic E-state index is 9.04. The van der Waals surface area contributed by atoms with Gasteiger partial charge in [0.05, 0.1) is 6.10 Å². The zero-order valence-electron chi connectivity index (χ0n) is 4.80. The zero-order chi connectivity index (χ0) is 5.56. The van der Waals surface area contributed by atoms with Crippen LogP contribution in [0.25, 0.3) is 0 Å². The lowest BCUT2D eigenvalue weighted by Gasteiger charge is -2.16. The van der Waals surface area contributed by atoms with E-state index in [1.54, 1.807) is 0 Å². The SMILES string of the molecule is O[C@@H]1CN[C@@H]2C[C@@H]2C1. The van der Waals surface area contributed by atoms with Crippen LogP contribution in [0.1, 0.15) is 12.8 Å². The summed E-state index contributed by atoms with van der Waals surface area (Å²) in [5.74, 6) is 0.818. The van der Waals surface area contributed by atoms with Gasteiger partial charge >= 0.3 is 0 Å². The topological polar surface area (TPSA) is 32.3 Å². The number of piperidine rings is 1. The molecule has 0 aromatic carbocycles. The molecule has 1 heterocycles. The van der Waals surface area contributed by atoms with E-state index in [1.165, 1.54) is 6.42 Å². The van der Waals surface area contributed by atoms with E-state index in [0.717, 1.165) is 24.9 Å². The number of rotatable bonds is 0. The van der Waals surface area contributed by atoms with E-state index in [4.69, 9.17) is 5.11 Å². The van der Waals surface area contributed by atoms with Crippen LogP contribution in [0, 0.1) is 5.92 Å². The number of aliphatic hydroxyl groups is 1. The lowest BCUT2D eigenvalue weighted by atomic mass is 10.1. The van der Waals surface area contributed by atoms with Gasteiger partial charge in [-0.15, -0.1) is 0 Å². The normalized spacial score (nSPS) is 52.9. The second-order valence-corrected chi connectivity index (χ2v) is 2.90. The summed E-state index contributed by atoms with van der Waals surface area (Å²) in [6.07, 6.45) is 2.29. The van der Waals surface area contributed by atoms with Crippen LogP contribution in [0.3, 0.4) is 0 Å². The highest BCUT2D eigenvalue weighted by atomic mass is 16.3. The molecule has 0 unspecified atom stereocenters. The second kappa shape index (κ2) is 1.45. The van der Waals surface area contributed by atoms with Gasteiger partial charge in [-0.05, 0) is 18.8 Å². The van der Waals surface area contributed by atoms with Crippen LogP contribution in [0.4, 0.5) is 0 Å². The van der Waals surface area contributed by atoms with Gasteiger partial charge in [-0.3, -0.25) is 0 Å². The first-order chi connectivity index (χ1) is 3.86. The molecule has 1 saturated heterocycles. The maximum Gasteiger partial charge on any atom is 0.0667 e. The Balaban J connectivity index is 1.93. The van der Waals surface area contributed by atoms with E-state index in [-0.39, 0.29) is 6.10 Å². The Kier molecular flexibility index (Phi) is 0.866. The summed E-state index contributed by atoms with van der Waals surface area (Å²) in [5, 5.41) is 12.3. The van der Waals surface area contributed by atoms with Gasteiger partial charge in [0.25, 0.3) is 0 Å². The van der Waals surface area contributed by atoms with Crippen molar-refractivity contribution in [3.05, 3.63) is 0 Å². The van der Waals surface area contributed by atoms with Crippen LogP contribution in [-0.2, 0) is 0 Å². The molecule has 0 bridgehead atoms. The zero-order valence-corrected chi connectivity index (χ0v) is 4.80. The molecule has 2 aliphatic rings. The summed E-state index contributed by atoms with van der Waals surface area (Å²) in [5.41, 5.74) is 0. The summed E-state index contributed by atoms with van der Waals surface area (Å²) >= 11 is 0. The number of nitrogens with one attached hydrogen (secondary N) is 1. The fraction of sp³-hybridized carbons (Fsp3) is 1.00. The van der Waals surface area contributed by atoms with Crippen molar-refractivity contribution in [3.63, 3.8) is 0 Å². The Morgan fingerprint density at radius 2 is 2.25 bits per heavy atom. The van der Waals surface area contributed by atoms with Crippen LogP contribution in [-0.4, -0.2) is 23.8 Å². The van der Waals surface area contributed by atoms with E-state index in [1.807, 2.05) is 0 Å². The Labute approximate surface area is 48.9 Å². The van der Waals surface area contributed by atoms with Crippen LogP contribution in [0.15, 0.2) is 0 Å². The fourth-order valence-electron chi connectivity index (χ4n) is 1.48. The van der Waals surface area contributed by atoms with Crippen LogP contribution < -0.4 is 5.32 Å². The highest BCUT2D eigenvalue weighted by molar-refractivity contribution is 4.98. The Morgan fingerprint density at radius 3 is 2.88 bits per heavy atom. The molecule has 0 amide bonds. The molecule has 1 aliphatic heterocycles. The maximum absolute atomic E-state index is 9.04. The minimum atomic E-state index is -0.0567. The molecule has 2 rings (SSSR count). The third kappa shape index (κ3) is 0.644. The van der Waals surface area contributed by atoms with Crippen molar-refractivity contribution in [1.29, 1.82) is 0 Å². The van der Waals surface area contributed by atoms with Gasteiger partial charge in [0, 0.05) is 12.6 Å². The van der Waals surface area contributed by atoms with E-state index < -0.39 is 0 Å². The molecule has 2 heteroatoms. The fourth-order valence-corrected chi connectivity index (χ4v) is 1.48. The van der Waals surface area contributed by atoms with Crippen molar-refractivity contribution < 1.29 is 5.11 Å². The highest BCUT2D eigenvalue weighted by Crippen LogP contribution is 2.37. The lowest BCUT2D eigenvalue weighted by Crippen LogP contribution is -2.34. The lowest BCUT2D eigenvalue weighted by molar-refractivity contribution is 0.138. The van der Waals surface area contributed by atoms with Gasteiger partial charge in [-0.2, -0.15) is 0 Å². The molecule has 8 heavy (non-hydrogen) atoms. The van der Waals surface area contributed by atoms with Crippen molar-refractivity contribution in [3.8, 4) is 0 Å². The number of β-amino-alcohol motifs (C(OH)–C–C–N with tert-alkyl or cyclic N) is 1. The Bertz CT molecular complexity index is 105. The summed E-state index contributed by atoms with van der Waals surface area (Å²) in [6, 6.07) is 0.776. The van der Waals surface area contributed by atoms with Gasteiger partial charge in [0.1, 0.15) is 0 Å². The van der Waals surface area contributed by atoms with Crippen molar-refractivity contribution in [2.24, 2.45) is 5.92 Å². The molecule has 2 N–H and O–H groups in total. The quantitative estimate of drug-likeness (QED) is 0.453. The van der Waals surface area contributed by atoms with E-state index in [0.29, 0.717) is 0 Å². The molecule has 1 saturated carbocycles. The van der Waals surface area contributed by atoms with Crippen molar-refractivity contribution in [2.75, 3.05) is 6.54 Å². The number of hydrogen-bond acceptors (Lipinski definition) is 2. The predicted octanol–water partition coefficient (Wildman–Crippen LogP) is -0.271. The number of fused-ring (bicyclic) bond motifs is 1. The predicted molar refractivity (Wildman–Crippen MR) is 30.5 cm³/mol. The average Bonchev–Trinajstić information content (AvgIpc) is 2.43. The first kappa shape index (κ1) is 4.77. The van der Waals surface area contributed by atoms with Gasteiger partial charge in [0.2, 0.25) is 0 Å². The van der Waals surface area contributed by atoms with Crippen LogP contribution in [0.5, 0.6) is 0 Å². The molecule has 0 aromatic rings. The first-order valence-corrected chi connectivity index (χ1v) is 3.28. The monoisotopic (exact) mass is 113 g/mol. The molecule has 46 valence electrons. The molecular formula is C6H11NO. The molecular weight excluding hydrogens is 102 g/mol. The number of hydrogen-bond donors (Lipinski definition) is 2. The van der Waals surface area contributed by atoms with Crippen LogP contribution in [0.2, 0.25) is 0 Å². The Morgan fingerprint density at radius 1 is 1.38 bits per heavy atom. The Hall–Kier alpha value is -0.0800. The molecule has 0 radical (unpaired) electrons. The van der Waals surface area contributed by atoms with E-state index in [9.17, 15) is 0 Å². The minimum Gasteiger partial charge on any atom is -0.392 e. The van der Waals surface area contributed by atoms with Crippen molar-refractivity contribution in [1.82, 2.24) is 5.32 Å². The third-order valence-electron chi connectivity index (χ3n) is 2.11. The summed E-state index contributed by atoms with van der Waals surface area (Å²) in [7, 11) is 0. The summed E-state index contributed by atoms with van der Waals surface area (Å²) < 4.78 is 0. The van der Waals surface area contributed by atoms with Crippen LogP contribution >= 0.6 is 0 Å². The third-order valence-corrected chi connectivity index (χ3v) is 2.11. The largest absolute Gasteiger partial charge is 0.392 e. The van der Waals surface area contributed by atoms with Gasteiger partial charge in [-0.1, -0.05) is 0 Å². The summed E-state index contributed by atoms with van der Waals surface area (Å²) in [6.45, 7) is 0.821. The smallest absolute Gasteiger partial charge is 0.0667 e. The minimum absolute atomic E-state index is 0.0567. The van der Waals surface area contributed by atoms with Gasteiger partial charge < -0.3 is 10.4 Å². The second-order valence-electron chi connectivity index (χ2n) is 2.90. The molecule has 1 aliphatic carbocycles. The molecule has 0 aromatic heterocycles. The average molecular weight is 113 g/mol. The van der Waals surface area contributed by atoms with Gasteiger partial charge in [0.15, 0.2) is 0 Å². The van der Waals surface area contributed by atoms with E-state index in [2.05, 4.69) is 5.32 Å². The van der Waals surface area contributed by atoms with Gasteiger partial charge in [-0.25, -0.2) is 0 Å². The standard InChI is InChI=1S/C6H11NO/c8-5-1-4-2-6(4)7-3-5/h4-8H,1-3H2/t4-,5-,6+/m0/s1. The molecule has 3 atom stereocenters.